The second kappa shape index (κ2) is 3.37. The molecule has 1 aliphatic carbocycles. The normalized spacial score (nSPS) is 20.8. The Kier molecular flexibility index (Phi) is 2.22. The molecule has 68 valence electrons. The van der Waals surface area contributed by atoms with Crippen molar-refractivity contribution in [2.24, 2.45) is 5.92 Å². The Morgan fingerprint density at radius 3 is 3.08 bits per heavy atom. The molecule has 0 radical (unpaired) electrons. The number of aryl methyl sites for hydroxylation is 1. The molecule has 0 aliphatic heterocycles. The van der Waals surface area contributed by atoms with Gasteiger partial charge in [-0.2, -0.15) is 0 Å². The Balaban J connectivity index is 2.36. The number of hydrogen-bond donors (Lipinski definition) is 0. The van der Waals surface area contributed by atoms with Crippen molar-refractivity contribution in [3.63, 3.8) is 0 Å². The number of hydrogen-bond acceptors (Lipinski definition) is 0. The highest BCUT2D eigenvalue weighted by atomic mass is 14.2. The Hall–Kier alpha value is -1.04. The van der Waals surface area contributed by atoms with Gasteiger partial charge in [0.15, 0.2) is 0 Å². The van der Waals surface area contributed by atoms with Crippen LogP contribution in [0.4, 0.5) is 0 Å². The molecule has 13 heavy (non-hydrogen) atoms. The fourth-order valence-electron chi connectivity index (χ4n) is 2.23. The molecule has 0 spiro atoms. The molecule has 0 heteroatoms. The predicted octanol–water partition coefficient (Wildman–Crippen LogP) is 3.29. The number of allylic oxidation sites excluding steroid dienone is 1. The highest BCUT2D eigenvalue weighted by Gasteiger charge is 2.16. The van der Waals surface area contributed by atoms with Crippen LogP contribution in [0.3, 0.4) is 0 Å². The van der Waals surface area contributed by atoms with E-state index in [1.807, 2.05) is 0 Å². The Morgan fingerprint density at radius 1 is 1.46 bits per heavy atom. The molecule has 1 atom stereocenters. The SMILES string of the molecule is C=CC1CCc2c(C)cccc2C1. The van der Waals surface area contributed by atoms with Gasteiger partial charge in [0.2, 0.25) is 0 Å². The molecular formula is C13H16. The third-order valence-corrected chi connectivity index (χ3v) is 3.09. The summed E-state index contributed by atoms with van der Waals surface area (Å²) in [4.78, 5) is 0. The van der Waals surface area contributed by atoms with Crippen LogP contribution in [-0.2, 0) is 12.8 Å². The summed E-state index contributed by atoms with van der Waals surface area (Å²) in [6, 6.07) is 6.64. The molecule has 1 aromatic rings. The minimum Gasteiger partial charge on any atom is -0.103 e. The maximum Gasteiger partial charge on any atom is -0.0192 e. The first-order valence-corrected chi connectivity index (χ1v) is 5.01. The van der Waals surface area contributed by atoms with Crippen LogP contribution in [0.5, 0.6) is 0 Å². The van der Waals surface area contributed by atoms with Gasteiger partial charge in [-0.15, -0.1) is 6.58 Å². The van der Waals surface area contributed by atoms with Crippen molar-refractivity contribution in [3.05, 3.63) is 47.5 Å². The van der Waals surface area contributed by atoms with Crippen LogP contribution in [0.1, 0.15) is 23.1 Å². The zero-order valence-electron chi connectivity index (χ0n) is 8.22. The highest BCUT2D eigenvalue weighted by Crippen LogP contribution is 2.27. The third-order valence-electron chi connectivity index (χ3n) is 3.09. The third kappa shape index (κ3) is 1.53. The van der Waals surface area contributed by atoms with Crippen molar-refractivity contribution in [2.45, 2.75) is 26.2 Å². The van der Waals surface area contributed by atoms with E-state index in [-0.39, 0.29) is 0 Å². The van der Waals surface area contributed by atoms with Gasteiger partial charge in [-0.3, -0.25) is 0 Å². The van der Waals surface area contributed by atoms with E-state index in [1.54, 1.807) is 5.56 Å². The molecule has 0 bridgehead atoms. The molecular weight excluding hydrogens is 156 g/mol. The summed E-state index contributed by atoms with van der Waals surface area (Å²) in [5, 5.41) is 0. The van der Waals surface area contributed by atoms with Crippen molar-refractivity contribution in [1.82, 2.24) is 0 Å². The molecule has 0 nitrogen and oxygen atoms in total. The van der Waals surface area contributed by atoms with Gasteiger partial charge in [-0.1, -0.05) is 24.3 Å². The van der Waals surface area contributed by atoms with Crippen molar-refractivity contribution in [2.75, 3.05) is 0 Å². The summed E-state index contributed by atoms with van der Waals surface area (Å²) < 4.78 is 0. The van der Waals surface area contributed by atoms with E-state index in [9.17, 15) is 0 Å². The topological polar surface area (TPSA) is 0 Å². The fourth-order valence-corrected chi connectivity index (χ4v) is 2.23. The molecule has 0 saturated carbocycles. The van der Waals surface area contributed by atoms with Gasteiger partial charge < -0.3 is 0 Å². The van der Waals surface area contributed by atoms with Gasteiger partial charge in [0, 0.05) is 0 Å². The van der Waals surface area contributed by atoms with Gasteiger partial charge in [0.1, 0.15) is 0 Å². The van der Waals surface area contributed by atoms with Crippen molar-refractivity contribution >= 4 is 0 Å². The molecule has 2 rings (SSSR count). The van der Waals surface area contributed by atoms with E-state index in [4.69, 9.17) is 0 Å². The molecule has 1 aromatic carbocycles. The summed E-state index contributed by atoms with van der Waals surface area (Å²) in [5.41, 5.74) is 4.58. The lowest BCUT2D eigenvalue weighted by atomic mass is 9.82. The van der Waals surface area contributed by atoms with E-state index in [2.05, 4.69) is 37.8 Å². The zero-order chi connectivity index (χ0) is 9.26. The Bertz CT molecular complexity index is 323. The smallest absolute Gasteiger partial charge is 0.0192 e. The van der Waals surface area contributed by atoms with Crippen LogP contribution < -0.4 is 0 Å². The summed E-state index contributed by atoms with van der Waals surface area (Å²) in [7, 11) is 0. The van der Waals surface area contributed by atoms with Crippen molar-refractivity contribution in [1.29, 1.82) is 0 Å². The van der Waals surface area contributed by atoms with Gasteiger partial charge in [-0.25, -0.2) is 0 Å². The van der Waals surface area contributed by atoms with Crippen LogP contribution in [0, 0.1) is 12.8 Å². The van der Waals surface area contributed by atoms with Crippen LogP contribution in [0.15, 0.2) is 30.9 Å². The lowest BCUT2D eigenvalue weighted by Crippen LogP contribution is -2.12. The van der Waals surface area contributed by atoms with Crippen molar-refractivity contribution in [3.8, 4) is 0 Å². The lowest BCUT2D eigenvalue weighted by molar-refractivity contribution is 0.552. The minimum atomic E-state index is 0.703. The van der Waals surface area contributed by atoms with Gasteiger partial charge in [0.05, 0.1) is 0 Å². The molecule has 1 aliphatic rings. The average Bonchev–Trinajstić information content (AvgIpc) is 2.18. The van der Waals surface area contributed by atoms with Crippen LogP contribution in [0.2, 0.25) is 0 Å². The lowest BCUT2D eigenvalue weighted by Gasteiger charge is -2.23. The zero-order valence-corrected chi connectivity index (χ0v) is 8.22. The second-order valence-corrected chi connectivity index (χ2v) is 3.95. The average molecular weight is 172 g/mol. The molecule has 1 unspecified atom stereocenters. The maximum absolute atomic E-state index is 3.88. The van der Waals surface area contributed by atoms with E-state index in [0.717, 1.165) is 0 Å². The Morgan fingerprint density at radius 2 is 2.31 bits per heavy atom. The van der Waals surface area contributed by atoms with Crippen LogP contribution in [0.25, 0.3) is 0 Å². The Labute approximate surface area is 80.3 Å². The van der Waals surface area contributed by atoms with Crippen LogP contribution >= 0.6 is 0 Å². The number of benzene rings is 1. The minimum absolute atomic E-state index is 0.703. The molecule has 0 aromatic heterocycles. The van der Waals surface area contributed by atoms with E-state index < -0.39 is 0 Å². The summed E-state index contributed by atoms with van der Waals surface area (Å²) in [5.74, 6) is 0.703. The first-order chi connectivity index (χ1) is 6.31. The van der Waals surface area contributed by atoms with E-state index in [0.29, 0.717) is 5.92 Å². The molecule has 0 N–H and O–H groups in total. The monoisotopic (exact) mass is 172 g/mol. The van der Waals surface area contributed by atoms with E-state index in [1.165, 1.54) is 30.4 Å². The first-order valence-electron chi connectivity index (χ1n) is 5.01. The standard InChI is InChI=1S/C13H16/c1-3-11-7-8-13-10(2)5-4-6-12(13)9-11/h3-6,11H,1,7-9H2,2H3. The van der Waals surface area contributed by atoms with Gasteiger partial charge in [-0.05, 0) is 48.8 Å². The quantitative estimate of drug-likeness (QED) is 0.570. The second-order valence-electron chi connectivity index (χ2n) is 3.95. The number of rotatable bonds is 1. The fraction of sp³-hybridized carbons (Fsp3) is 0.385. The van der Waals surface area contributed by atoms with Crippen LogP contribution in [-0.4, -0.2) is 0 Å². The van der Waals surface area contributed by atoms with Crippen molar-refractivity contribution < 1.29 is 0 Å². The molecule has 0 saturated heterocycles. The molecule has 0 fully saturated rings. The summed E-state index contributed by atoms with van der Waals surface area (Å²) in [6.07, 6.45) is 5.81. The number of fused-ring (bicyclic) bond motifs is 1. The maximum atomic E-state index is 3.88. The molecule has 0 heterocycles. The van der Waals surface area contributed by atoms with Gasteiger partial charge >= 0.3 is 0 Å². The first kappa shape index (κ1) is 8.55. The highest BCUT2D eigenvalue weighted by molar-refractivity contribution is 5.36. The summed E-state index contributed by atoms with van der Waals surface area (Å²) in [6.45, 7) is 6.10. The summed E-state index contributed by atoms with van der Waals surface area (Å²) >= 11 is 0. The largest absolute Gasteiger partial charge is 0.103 e. The van der Waals surface area contributed by atoms with E-state index >= 15 is 0 Å². The predicted molar refractivity (Wildman–Crippen MR) is 56.9 cm³/mol. The molecule has 0 amide bonds. The van der Waals surface area contributed by atoms with Gasteiger partial charge in [0.25, 0.3) is 0 Å².